The van der Waals surface area contributed by atoms with Crippen LogP contribution in [0.4, 0.5) is 0 Å². The van der Waals surface area contributed by atoms with Crippen molar-refractivity contribution in [3.63, 3.8) is 0 Å². The van der Waals surface area contributed by atoms with Crippen LogP contribution in [0.2, 0.25) is 0 Å². The average molecular weight is 344 g/mol. The van der Waals surface area contributed by atoms with Gasteiger partial charge in [-0.3, -0.25) is 10.0 Å². The lowest BCUT2D eigenvalue weighted by atomic mass is 9.99. The second-order valence-corrected chi connectivity index (χ2v) is 5.34. The number of benzene rings is 2. The molecular formula is C18H18ClN3O2. The lowest BCUT2D eigenvalue weighted by Crippen LogP contribution is -2.14. The van der Waals surface area contributed by atoms with Gasteiger partial charge in [-0.25, -0.2) is 10.5 Å². The van der Waals surface area contributed by atoms with Crippen molar-refractivity contribution in [2.24, 2.45) is 0 Å². The van der Waals surface area contributed by atoms with Gasteiger partial charge in [0.2, 0.25) is 0 Å². The van der Waals surface area contributed by atoms with E-state index in [1.54, 1.807) is 11.6 Å². The third-order valence-electron chi connectivity index (χ3n) is 3.79. The Labute approximate surface area is 145 Å². The smallest absolute Gasteiger partial charge is 0.267 e. The Hall–Kier alpha value is -2.63. The number of halogens is 1. The Morgan fingerprint density at radius 3 is 2.58 bits per heavy atom. The Morgan fingerprint density at radius 2 is 1.92 bits per heavy atom. The van der Waals surface area contributed by atoms with E-state index in [9.17, 15) is 4.79 Å². The third-order valence-corrected chi connectivity index (χ3v) is 3.79. The minimum atomic E-state index is -0.551. The largest absolute Gasteiger partial charge is 0.341 e. The summed E-state index contributed by atoms with van der Waals surface area (Å²) in [6, 6.07) is 15.8. The van der Waals surface area contributed by atoms with E-state index in [1.807, 2.05) is 48.5 Å². The molecule has 0 fully saturated rings. The van der Waals surface area contributed by atoms with Crippen molar-refractivity contribution >= 4 is 35.4 Å². The van der Waals surface area contributed by atoms with Crippen LogP contribution in [0.5, 0.6) is 0 Å². The molecule has 1 heterocycles. The number of carbonyl (C=O) groups excluding carboxylic acids is 1. The molecule has 0 aliphatic rings. The molecule has 3 aromatic rings. The van der Waals surface area contributed by atoms with Crippen molar-refractivity contribution < 1.29 is 10.0 Å². The lowest BCUT2D eigenvalue weighted by molar-refractivity contribution is -0.124. The van der Waals surface area contributed by atoms with Crippen LogP contribution >= 0.6 is 12.4 Å². The van der Waals surface area contributed by atoms with Gasteiger partial charge in [-0.15, -0.1) is 12.4 Å². The maximum Gasteiger partial charge on any atom is 0.267 e. The van der Waals surface area contributed by atoms with E-state index in [4.69, 9.17) is 5.21 Å². The molecule has 1 amide bonds. The van der Waals surface area contributed by atoms with Crippen LogP contribution in [0.25, 0.3) is 17.1 Å². The van der Waals surface area contributed by atoms with E-state index < -0.39 is 5.91 Å². The van der Waals surface area contributed by atoms with Crippen molar-refractivity contribution in [2.45, 2.75) is 12.8 Å². The molecule has 0 aliphatic carbocycles. The molecule has 6 heteroatoms. The predicted molar refractivity (Wildman–Crippen MR) is 96.3 cm³/mol. The number of hydrogen-bond donors (Lipinski definition) is 3. The van der Waals surface area contributed by atoms with E-state index in [0.717, 1.165) is 28.0 Å². The number of aromatic amines is 1. The first-order chi connectivity index (χ1) is 11.2. The van der Waals surface area contributed by atoms with Crippen LogP contribution in [-0.2, 0) is 4.79 Å². The number of nitrogens with zero attached hydrogens (tertiary/aromatic N) is 1. The van der Waals surface area contributed by atoms with Gasteiger partial charge in [0.05, 0.1) is 11.0 Å². The number of para-hydroxylation sites is 2. The first kappa shape index (κ1) is 17.7. The number of fused-ring (bicyclic) bond motifs is 1. The quantitative estimate of drug-likeness (QED) is 0.384. The normalized spacial score (nSPS) is 12.1. The van der Waals surface area contributed by atoms with Crippen molar-refractivity contribution in [2.75, 3.05) is 0 Å². The molecule has 3 rings (SSSR count). The number of carbonyl (C=O) groups is 1. The number of nitrogens with one attached hydrogen (secondary N) is 2. The SMILES string of the molecule is C[C@H](c1ccc(/C=C/C(=O)NO)cc1)c1nc2ccccc2[nH]1.Cl. The standard InChI is InChI=1S/C18H17N3O2.ClH/c1-12(18-19-15-4-2-3-5-16(15)20-18)14-9-6-13(7-10-14)8-11-17(22)21-23;/h2-12,23H,1H3,(H,19,20)(H,21,22);1H/b11-8+;/t12-;/m1./s1. The minimum absolute atomic E-state index is 0. The third kappa shape index (κ3) is 3.82. The molecule has 3 N–H and O–H groups in total. The molecule has 0 radical (unpaired) electrons. The summed E-state index contributed by atoms with van der Waals surface area (Å²) in [5.74, 6) is 0.514. The first-order valence-electron chi connectivity index (χ1n) is 7.34. The van der Waals surface area contributed by atoms with Crippen molar-refractivity contribution in [3.05, 3.63) is 71.6 Å². The molecule has 1 aromatic heterocycles. The average Bonchev–Trinajstić information content (AvgIpc) is 3.03. The number of hydrogen-bond acceptors (Lipinski definition) is 3. The van der Waals surface area contributed by atoms with Gasteiger partial charge in [-0.1, -0.05) is 43.3 Å². The summed E-state index contributed by atoms with van der Waals surface area (Å²) in [7, 11) is 0. The summed E-state index contributed by atoms with van der Waals surface area (Å²) in [6.45, 7) is 2.10. The summed E-state index contributed by atoms with van der Waals surface area (Å²) in [5, 5.41) is 8.45. The van der Waals surface area contributed by atoms with Gasteiger partial charge in [0.25, 0.3) is 5.91 Å². The summed E-state index contributed by atoms with van der Waals surface area (Å²) in [5.41, 5.74) is 5.57. The maximum absolute atomic E-state index is 11.0. The van der Waals surface area contributed by atoms with E-state index in [-0.39, 0.29) is 18.3 Å². The fourth-order valence-corrected chi connectivity index (χ4v) is 2.44. The number of H-pyrrole nitrogens is 1. The monoisotopic (exact) mass is 343 g/mol. The molecule has 0 saturated heterocycles. The van der Waals surface area contributed by atoms with Gasteiger partial charge in [-0.2, -0.15) is 0 Å². The molecule has 0 bridgehead atoms. The fourth-order valence-electron chi connectivity index (χ4n) is 2.44. The highest BCUT2D eigenvalue weighted by Crippen LogP contribution is 2.24. The molecule has 0 aliphatic heterocycles. The van der Waals surface area contributed by atoms with Gasteiger partial charge in [0.15, 0.2) is 0 Å². The number of amides is 1. The van der Waals surface area contributed by atoms with Crippen LogP contribution in [0, 0.1) is 0 Å². The van der Waals surface area contributed by atoms with Crippen molar-refractivity contribution in [1.82, 2.24) is 15.4 Å². The molecule has 24 heavy (non-hydrogen) atoms. The van der Waals surface area contributed by atoms with Crippen LogP contribution in [-0.4, -0.2) is 21.1 Å². The molecular weight excluding hydrogens is 326 g/mol. The molecule has 2 aromatic carbocycles. The lowest BCUT2D eigenvalue weighted by Gasteiger charge is -2.09. The topological polar surface area (TPSA) is 78.0 Å². The Kier molecular flexibility index (Phi) is 5.73. The zero-order valence-corrected chi connectivity index (χ0v) is 13.9. The summed E-state index contributed by atoms with van der Waals surface area (Å²) in [4.78, 5) is 19.0. The predicted octanol–water partition coefficient (Wildman–Crippen LogP) is 3.66. The van der Waals surface area contributed by atoms with Gasteiger partial charge >= 0.3 is 0 Å². The molecule has 5 nitrogen and oxygen atoms in total. The minimum Gasteiger partial charge on any atom is -0.341 e. The van der Waals surface area contributed by atoms with Crippen molar-refractivity contribution in [1.29, 1.82) is 0 Å². The molecule has 1 atom stereocenters. The summed E-state index contributed by atoms with van der Waals surface area (Å²) in [6.07, 6.45) is 2.92. The van der Waals surface area contributed by atoms with Crippen LogP contribution < -0.4 is 5.48 Å². The molecule has 124 valence electrons. The highest BCUT2D eigenvalue weighted by atomic mass is 35.5. The highest BCUT2D eigenvalue weighted by molar-refractivity contribution is 5.90. The van der Waals surface area contributed by atoms with Crippen molar-refractivity contribution in [3.8, 4) is 0 Å². The van der Waals surface area contributed by atoms with E-state index in [2.05, 4.69) is 16.9 Å². The number of rotatable bonds is 4. The van der Waals surface area contributed by atoms with Gasteiger partial charge in [0.1, 0.15) is 5.82 Å². The van der Waals surface area contributed by atoms with E-state index in [1.165, 1.54) is 6.08 Å². The zero-order chi connectivity index (χ0) is 16.2. The molecule has 0 unspecified atom stereocenters. The van der Waals surface area contributed by atoms with Crippen LogP contribution in [0.1, 0.15) is 29.8 Å². The van der Waals surface area contributed by atoms with E-state index >= 15 is 0 Å². The zero-order valence-electron chi connectivity index (χ0n) is 13.1. The van der Waals surface area contributed by atoms with E-state index in [0.29, 0.717) is 0 Å². The Bertz CT molecular complexity index is 823. The summed E-state index contributed by atoms with van der Waals surface area (Å²) < 4.78 is 0. The second-order valence-electron chi connectivity index (χ2n) is 5.34. The number of imidazole rings is 1. The Balaban J connectivity index is 0.00000208. The number of aromatic nitrogens is 2. The highest BCUT2D eigenvalue weighted by Gasteiger charge is 2.12. The van der Waals surface area contributed by atoms with Gasteiger partial charge in [-0.05, 0) is 29.3 Å². The maximum atomic E-state index is 11.0. The first-order valence-corrected chi connectivity index (χ1v) is 7.34. The van der Waals surface area contributed by atoms with Crippen LogP contribution in [0.15, 0.2) is 54.6 Å². The number of hydroxylamine groups is 1. The van der Waals surface area contributed by atoms with Gasteiger partial charge < -0.3 is 4.98 Å². The second kappa shape index (κ2) is 7.77. The molecule has 0 saturated carbocycles. The Morgan fingerprint density at radius 1 is 1.21 bits per heavy atom. The van der Waals surface area contributed by atoms with Gasteiger partial charge in [0, 0.05) is 12.0 Å². The fraction of sp³-hybridized carbons (Fsp3) is 0.111. The molecule has 0 spiro atoms. The summed E-state index contributed by atoms with van der Waals surface area (Å²) >= 11 is 0. The van der Waals surface area contributed by atoms with Crippen LogP contribution in [0.3, 0.4) is 0 Å².